The van der Waals surface area contributed by atoms with Gasteiger partial charge in [-0.3, -0.25) is 0 Å². The van der Waals surface area contributed by atoms with Crippen molar-refractivity contribution in [3.8, 4) is 17.4 Å². The fourth-order valence-electron chi connectivity index (χ4n) is 1.96. The van der Waals surface area contributed by atoms with Crippen LogP contribution in [-0.4, -0.2) is 20.2 Å². The molecule has 106 valence electrons. The summed E-state index contributed by atoms with van der Waals surface area (Å²) in [6, 6.07) is 15.4. The number of para-hydroxylation sites is 1. The third kappa shape index (κ3) is 2.87. The summed E-state index contributed by atoms with van der Waals surface area (Å²) in [5.41, 5.74) is 1.86. The highest BCUT2D eigenvalue weighted by molar-refractivity contribution is 6.31. The number of ether oxygens (including phenoxy) is 1. The summed E-state index contributed by atoms with van der Waals surface area (Å²) in [7, 11) is 0. The van der Waals surface area contributed by atoms with Crippen molar-refractivity contribution >= 4 is 11.6 Å². The molecule has 6 heteroatoms. The van der Waals surface area contributed by atoms with Crippen molar-refractivity contribution in [2.24, 2.45) is 0 Å². The topological polar surface area (TPSA) is 52.8 Å². The van der Waals surface area contributed by atoms with Gasteiger partial charge in [0.25, 0.3) is 0 Å². The molecule has 0 atom stereocenters. The SMILES string of the molecule is CCc1cc(Oc2nnnn2-c2ccccc2)ccc1Cl. The van der Waals surface area contributed by atoms with Gasteiger partial charge >= 0.3 is 6.01 Å². The van der Waals surface area contributed by atoms with Crippen molar-refractivity contribution < 1.29 is 4.74 Å². The molecule has 0 N–H and O–H groups in total. The first-order chi connectivity index (χ1) is 10.3. The summed E-state index contributed by atoms with van der Waals surface area (Å²) in [4.78, 5) is 0. The van der Waals surface area contributed by atoms with Crippen LogP contribution < -0.4 is 4.74 Å². The molecule has 0 aliphatic heterocycles. The number of hydrogen-bond acceptors (Lipinski definition) is 4. The Bertz CT molecular complexity index is 742. The van der Waals surface area contributed by atoms with Gasteiger partial charge in [-0.25, -0.2) is 0 Å². The van der Waals surface area contributed by atoms with Gasteiger partial charge in [-0.1, -0.05) is 41.8 Å². The van der Waals surface area contributed by atoms with Crippen LogP contribution in [0, 0.1) is 0 Å². The molecule has 21 heavy (non-hydrogen) atoms. The zero-order valence-corrected chi connectivity index (χ0v) is 12.2. The molecule has 0 saturated heterocycles. The Morgan fingerprint density at radius 2 is 1.95 bits per heavy atom. The zero-order chi connectivity index (χ0) is 14.7. The highest BCUT2D eigenvalue weighted by atomic mass is 35.5. The summed E-state index contributed by atoms with van der Waals surface area (Å²) in [6.07, 6.45) is 0.833. The smallest absolute Gasteiger partial charge is 0.345 e. The monoisotopic (exact) mass is 300 g/mol. The average molecular weight is 301 g/mol. The molecule has 0 radical (unpaired) electrons. The number of hydrogen-bond donors (Lipinski definition) is 0. The van der Waals surface area contributed by atoms with Crippen molar-refractivity contribution in [1.82, 2.24) is 20.2 Å². The molecule has 2 aromatic carbocycles. The Balaban J connectivity index is 1.91. The fourth-order valence-corrected chi connectivity index (χ4v) is 2.22. The second kappa shape index (κ2) is 5.93. The second-order valence-corrected chi connectivity index (χ2v) is 4.82. The Kier molecular flexibility index (Phi) is 3.83. The summed E-state index contributed by atoms with van der Waals surface area (Å²) in [5.74, 6) is 0.656. The fraction of sp³-hybridized carbons (Fsp3) is 0.133. The molecule has 0 aliphatic carbocycles. The zero-order valence-electron chi connectivity index (χ0n) is 11.4. The summed E-state index contributed by atoms with van der Waals surface area (Å²) in [6.45, 7) is 2.04. The van der Waals surface area contributed by atoms with Crippen LogP contribution in [0.4, 0.5) is 0 Å². The highest BCUT2D eigenvalue weighted by Gasteiger charge is 2.11. The molecule has 3 aromatic rings. The second-order valence-electron chi connectivity index (χ2n) is 4.42. The van der Waals surface area contributed by atoms with E-state index in [-0.39, 0.29) is 0 Å². The van der Waals surface area contributed by atoms with Gasteiger partial charge in [0.2, 0.25) is 0 Å². The molecule has 0 fully saturated rings. The Labute approximate surface area is 127 Å². The van der Waals surface area contributed by atoms with E-state index in [0.29, 0.717) is 11.8 Å². The molecule has 0 unspecified atom stereocenters. The van der Waals surface area contributed by atoms with E-state index < -0.39 is 0 Å². The van der Waals surface area contributed by atoms with Crippen molar-refractivity contribution in [1.29, 1.82) is 0 Å². The third-order valence-corrected chi connectivity index (χ3v) is 3.42. The minimum atomic E-state index is 0.311. The van der Waals surface area contributed by atoms with Crippen molar-refractivity contribution in [3.05, 3.63) is 59.1 Å². The largest absolute Gasteiger partial charge is 0.423 e. The minimum absolute atomic E-state index is 0.311. The Hall–Kier alpha value is -2.40. The summed E-state index contributed by atoms with van der Waals surface area (Å²) < 4.78 is 7.31. The third-order valence-electron chi connectivity index (χ3n) is 3.05. The maximum atomic E-state index is 6.10. The molecular formula is C15H13ClN4O. The molecule has 0 bridgehead atoms. The summed E-state index contributed by atoms with van der Waals surface area (Å²) >= 11 is 6.10. The van der Waals surface area contributed by atoms with E-state index in [1.807, 2.05) is 49.4 Å². The number of benzene rings is 2. The van der Waals surface area contributed by atoms with E-state index in [1.54, 1.807) is 10.7 Å². The van der Waals surface area contributed by atoms with Crippen LogP contribution in [0.2, 0.25) is 5.02 Å². The van der Waals surface area contributed by atoms with Crippen molar-refractivity contribution in [2.45, 2.75) is 13.3 Å². The summed E-state index contributed by atoms with van der Waals surface area (Å²) in [5, 5.41) is 12.3. The van der Waals surface area contributed by atoms with Gasteiger partial charge in [-0.15, -0.1) is 0 Å². The molecule has 0 saturated carbocycles. The number of aryl methyl sites for hydroxylation is 1. The predicted molar refractivity (Wildman–Crippen MR) is 80.1 cm³/mol. The van der Waals surface area contributed by atoms with E-state index in [2.05, 4.69) is 15.5 Å². The van der Waals surface area contributed by atoms with Crippen LogP contribution >= 0.6 is 11.6 Å². The van der Waals surface area contributed by atoms with Crippen LogP contribution in [0.3, 0.4) is 0 Å². The standard InChI is InChI=1S/C15H13ClN4O/c1-2-11-10-13(8-9-14(11)16)21-15-17-18-19-20(15)12-6-4-3-5-7-12/h3-10H,2H2,1H3. The van der Waals surface area contributed by atoms with Crippen LogP contribution in [0.25, 0.3) is 5.69 Å². The lowest BCUT2D eigenvalue weighted by molar-refractivity contribution is 0.427. The predicted octanol–water partition coefficient (Wildman–Crippen LogP) is 3.67. The van der Waals surface area contributed by atoms with Crippen LogP contribution in [0.15, 0.2) is 48.5 Å². The van der Waals surface area contributed by atoms with Gasteiger partial charge in [0.05, 0.1) is 5.69 Å². The number of rotatable bonds is 4. The average Bonchev–Trinajstić information content (AvgIpc) is 2.98. The number of nitrogens with zero attached hydrogens (tertiary/aromatic N) is 4. The van der Waals surface area contributed by atoms with E-state index >= 15 is 0 Å². The Morgan fingerprint density at radius 1 is 1.14 bits per heavy atom. The van der Waals surface area contributed by atoms with E-state index in [4.69, 9.17) is 16.3 Å². The first-order valence-electron chi connectivity index (χ1n) is 6.58. The van der Waals surface area contributed by atoms with Gasteiger partial charge in [-0.05, 0) is 52.7 Å². The van der Waals surface area contributed by atoms with Crippen LogP contribution in [0.1, 0.15) is 12.5 Å². The number of aromatic nitrogens is 4. The maximum absolute atomic E-state index is 6.10. The van der Waals surface area contributed by atoms with E-state index in [0.717, 1.165) is 22.7 Å². The van der Waals surface area contributed by atoms with Gasteiger partial charge in [0, 0.05) is 5.02 Å². The Morgan fingerprint density at radius 3 is 2.71 bits per heavy atom. The normalized spacial score (nSPS) is 10.6. The van der Waals surface area contributed by atoms with Crippen molar-refractivity contribution in [3.63, 3.8) is 0 Å². The molecular weight excluding hydrogens is 288 g/mol. The van der Waals surface area contributed by atoms with Gasteiger partial charge < -0.3 is 4.74 Å². The molecule has 3 rings (SSSR count). The molecule has 5 nitrogen and oxygen atoms in total. The number of halogens is 1. The van der Waals surface area contributed by atoms with Gasteiger partial charge in [-0.2, -0.15) is 4.68 Å². The molecule has 1 heterocycles. The van der Waals surface area contributed by atoms with Crippen LogP contribution in [-0.2, 0) is 6.42 Å². The maximum Gasteiger partial charge on any atom is 0.345 e. The highest BCUT2D eigenvalue weighted by Crippen LogP contribution is 2.26. The first kappa shape index (κ1) is 13.6. The van der Waals surface area contributed by atoms with Gasteiger partial charge in [0.15, 0.2) is 0 Å². The minimum Gasteiger partial charge on any atom is -0.423 e. The molecule has 0 aliphatic rings. The molecule has 0 spiro atoms. The molecule has 1 aromatic heterocycles. The lowest BCUT2D eigenvalue weighted by atomic mass is 10.1. The quantitative estimate of drug-likeness (QED) is 0.737. The lowest BCUT2D eigenvalue weighted by Gasteiger charge is -2.08. The van der Waals surface area contributed by atoms with Crippen molar-refractivity contribution in [2.75, 3.05) is 0 Å². The first-order valence-corrected chi connectivity index (χ1v) is 6.96. The van der Waals surface area contributed by atoms with E-state index in [9.17, 15) is 0 Å². The molecule has 0 amide bonds. The number of tetrazole rings is 1. The van der Waals surface area contributed by atoms with Crippen LogP contribution in [0.5, 0.6) is 11.8 Å². The van der Waals surface area contributed by atoms with Gasteiger partial charge in [0.1, 0.15) is 5.75 Å². The van der Waals surface area contributed by atoms with E-state index in [1.165, 1.54) is 0 Å². The lowest BCUT2D eigenvalue weighted by Crippen LogP contribution is -2.00.